The molecule has 1 heterocycles. The van der Waals surface area contributed by atoms with Crippen molar-refractivity contribution in [1.29, 1.82) is 0 Å². The summed E-state index contributed by atoms with van der Waals surface area (Å²) in [5.74, 6) is 0.242. The van der Waals surface area contributed by atoms with Gasteiger partial charge in [0, 0.05) is 25.6 Å². The Hall–Kier alpha value is -1.32. The fraction of sp³-hybridized carbons (Fsp3) is 0.667. The number of hydrogen-bond donors (Lipinski definition) is 1. The van der Waals surface area contributed by atoms with Crippen LogP contribution in [0.15, 0.2) is 12.7 Å². The highest BCUT2D eigenvalue weighted by Crippen LogP contribution is 2.31. The monoisotopic (exact) mass is 222 g/mol. The van der Waals surface area contributed by atoms with Crippen molar-refractivity contribution in [2.24, 2.45) is 5.92 Å². The molecule has 4 heteroatoms. The number of piperidine rings is 1. The average Bonchev–Trinajstić information content (AvgIpc) is 3.10. The number of rotatable bonds is 4. The zero-order valence-electron chi connectivity index (χ0n) is 9.45. The Labute approximate surface area is 95.7 Å². The first-order chi connectivity index (χ1) is 7.72. The summed E-state index contributed by atoms with van der Waals surface area (Å²) in [5, 5.41) is 2.80. The van der Waals surface area contributed by atoms with Gasteiger partial charge in [-0.05, 0) is 19.3 Å². The van der Waals surface area contributed by atoms with Crippen molar-refractivity contribution in [3.63, 3.8) is 0 Å². The summed E-state index contributed by atoms with van der Waals surface area (Å²) in [6, 6.07) is 0.419. The lowest BCUT2D eigenvalue weighted by Gasteiger charge is -2.31. The largest absolute Gasteiger partial charge is 0.352 e. The third kappa shape index (κ3) is 2.43. The van der Waals surface area contributed by atoms with Gasteiger partial charge in [-0.25, -0.2) is 0 Å². The molecular weight excluding hydrogens is 204 g/mol. The first-order valence-corrected chi connectivity index (χ1v) is 5.90. The highest BCUT2D eigenvalue weighted by molar-refractivity contribution is 5.84. The van der Waals surface area contributed by atoms with E-state index in [1.54, 1.807) is 6.08 Å². The maximum Gasteiger partial charge on any atom is 0.225 e. The summed E-state index contributed by atoms with van der Waals surface area (Å²) in [6.45, 7) is 4.67. The van der Waals surface area contributed by atoms with E-state index in [0.29, 0.717) is 32.0 Å². The Kier molecular flexibility index (Phi) is 3.27. The summed E-state index contributed by atoms with van der Waals surface area (Å²) in [4.78, 5) is 25.3. The highest BCUT2D eigenvalue weighted by atomic mass is 16.2. The molecule has 1 aliphatic heterocycles. The molecule has 88 valence electrons. The van der Waals surface area contributed by atoms with Gasteiger partial charge in [-0.2, -0.15) is 0 Å². The zero-order valence-corrected chi connectivity index (χ0v) is 9.45. The fourth-order valence-electron chi connectivity index (χ4n) is 2.14. The van der Waals surface area contributed by atoms with E-state index in [2.05, 4.69) is 11.9 Å². The smallest absolute Gasteiger partial charge is 0.225 e. The highest BCUT2D eigenvalue weighted by Gasteiger charge is 2.38. The van der Waals surface area contributed by atoms with Crippen molar-refractivity contribution in [3.8, 4) is 0 Å². The van der Waals surface area contributed by atoms with Crippen LogP contribution in [-0.4, -0.2) is 35.8 Å². The van der Waals surface area contributed by atoms with Gasteiger partial charge in [0.1, 0.15) is 0 Å². The van der Waals surface area contributed by atoms with Gasteiger partial charge in [0.05, 0.1) is 5.92 Å². The molecule has 0 aromatic rings. The fourth-order valence-corrected chi connectivity index (χ4v) is 2.14. The standard InChI is InChI=1S/C12H18N2O2/c1-2-7-13-12(16)9-3-6-11(15)14(8-9)10-4-5-10/h2,9-10H,1,3-8H2,(H,13,16)/t9-/m1/s1. The molecule has 1 atom stereocenters. The number of amides is 2. The first kappa shape index (κ1) is 11.2. The number of nitrogens with zero attached hydrogens (tertiary/aromatic N) is 1. The lowest BCUT2D eigenvalue weighted by atomic mass is 9.96. The van der Waals surface area contributed by atoms with Gasteiger partial charge in [-0.15, -0.1) is 6.58 Å². The minimum Gasteiger partial charge on any atom is -0.352 e. The van der Waals surface area contributed by atoms with E-state index in [0.717, 1.165) is 12.8 Å². The molecule has 2 rings (SSSR count). The van der Waals surface area contributed by atoms with Crippen molar-refractivity contribution >= 4 is 11.8 Å². The molecule has 2 fully saturated rings. The second kappa shape index (κ2) is 4.68. The van der Waals surface area contributed by atoms with Gasteiger partial charge in [0.15, 0.2) is 0 Å². The Bertz CT molecular complexity index is 310. The molecule has 4 nitrogen and oxygen atoms in total. The van der Waals surface area contributed by atoms with Gasteiger partial charge < -0.3 is 10.2 Å². The van der Waals surface area contributed by atoms with Crippen LogP contribution in [0.5, 0.6) is 0 Å². The van der Waals surface area contributed by atoms with Crippen LogP contribution in [0.1, 0.15) is 25.7 Å². The number of hydrogen-bond acceptors (Lipinski definition) is 2. The van der Waals surface area contributed by atoms with Crippen LogP contribution in [0, 0.1) is 5.92 Å². The minimum atomic E-state index is -0.0294. The molecule has 1 aliphatic carbocycles. The lowest BCUT2D eigenvalue weighted by Crippen LogP contribution is -2.46. The SMILES string of the molecule is C=CCNC(=O)[C@@H]1CCC(=O)N(C2CC2)C1. The summed E-state index contributed by atoms with van der Waals surface area (Å²) < 4.78 is 0. The molecule has 0 spiro atoms. The van der Waals surface area contributed by atoms with Crippen LogP contribution in [0.4, 0.5) is 0 Å². The molecule has 1 N–H and O–H groups in total. The van der Waals surface area contributed by atoms with Gasteiger partial charge in [-0.3, -0.25) is 9.59 Å². The third-order valence-electron chi connectivity index (χ3n) is 3.22. The maximum absolute atomic E-state index is 11.8. The van der Waals surface area contributed by atoms with Crippen LogP contribution in [0.25, 0.3) is 0 Å². The van der Waals surface area contributed by atoms with Crippen LogP contribution < -0.4 is 5.32 Å². The molecular formula is C12H18N2O2. The second-order valence-electron chi connectivity index (χ2n) is 4.55. The van der Waals surface area contributed by atoms with E-state index in [4.69, 9.17) is 0 Å². The van der Waals surface area contributed by atoms with Gasteiger partial charge in [0.25, 0.3) is 0 Å². The molecule has 0 radical (unpaired) electrons. The van der Waals surface area contributed by atoms with E-state index in [9.17, 15) is 9.59 Å². The van der Waals surface area contributed by atoms with Crippen LogP contribution in [0.3, 0.4) is 0 Å². The molecule has 2 amide bonds. The van der Waals surface area contributed by atoms with E-state index < -0.39 is 0 Å². The van der Waals surface area contributed by atoms with Crippen molar-refractivity contribution < 1.29 is 9.59 Å². The maximum atomic E-state index is 11.8. The molecule has 0 aromatic heterocycles. The molecule has 0 bridgehead atoms. The molecule has 16 heavy (non-hydrogen) atoms. The molecule has 0 aromatic carbocycles. The summed E-state index contributed by atoms with van der Waals surface area (Å²) >= 11 is 0. The van der Waals surface area contributed by atoms with E-state index in [-0.39, 0.29) is 17.7 Å². The van der Waals surface area contributed by atoms with Crippen molar-refractivity contribution in [3.05, 3.63) is 12.7 Å². The number of carbonyl (C=O) groups is 2. The van der Waals surface area contributed by atoms with Gasteiger partial charge >= 0.3 is 0 Å². The number of carbonyl (C=O) groups excluding carboxylic acids is 2. The van der Waals surface area contributed by atoms with E-state index in [1.807, 2.05) is 4.90 Å². The zero-order chi connectivity index (χ0) is 11.5. The Balaban J connectivity index is 1.88. The van der Waals surface area contributed by atoms with Gasteiger partial charge in [0.2, 0.25) is 11.8 Å². The van der Waals surface area contributed by atoms with E-state index >= 15 is 0 Å². The normalized spacial score (nSPS) is 25.4. The van der Waals surface area contributed by atoms with Crippen LogP contribution in [-0.2, 0) is 9.59 Å². The summed E-state index contributed by atoms with van der Waals surface area (Å²) in [5.41, 5.74) is 0. The Morgan fingerprint density at radius 3 is 2.88 bits per heavy atom. The first-order valence-electron chi connectivity index (χ1n) is 5.90. The van der Waals surface area contributed by atoms with Crippen molar-refractivity contribution in [2.75, 3.05) is 13.1 Å². The van der Waals surface area contributed by atoms with Gasteiger partial charge in [-0.1, -0.05) is 6.08 Å². The Morgan fingerprint density at radius 1 is 1.50 bits per heavy atom. The quantitative estimate of drug-likeness (QED) is 0.711. The van der Waals surface area contributed by atoms with Crippen molar-refractivity contribution in [2.45, 2.75) is 31.7 Å². The summed E-state index contributed by atoms with van der Waals surface area (Å²) in [6.07, 6.45) is 5.08. The topological polar surface area (TPSA) is 49.4 Å². The van der Waals surface area contributed by atoms with E-state index in [1.165, 1.54) is 0 Å². The molecule has 1 saturated carbocycles. The summed E-state index contributed by atoms with van der Waals surface area (Å²) in [7, 11) is 0. The molecule has 2 aliphatic rings. The lowest BCUT2D eigenvalue weighted by molar-refractivity contribution is -0.138. The van der Waals surface area contributed by atoms with Crippen LogP contribution in [0.2, 0.25) is 0 Å². The third-order valence-corrected chi connectivity index (χ3v) is 3.22. The second-order valence-corrected chi connectivity index (χ2v) is 4.55. The van der Waals surface area contributed by atoms with Crippen LogP contribution >= 0.6 is 0 Å². The molecule has 0 unspecified atom stereocenters. The van der Waals surface area contributed by atoms with Crippen molar-refractivity contribution in [1.82, 2.24) is 10.2 Å². The predicted octanol–water partition coefficient (Wildman–Crippen LogP) is 0.690. The predicted molar refractivity (Wildman–Crippen MR) is 60.7 cm³/mol. The minimum absolute atomic E-state index is 0.0294. The number of likely N-dealkylation sites (tertiary alicyclic amines) is 1. The molecule has 1 saturated heterocycles. The number of nitrogens with one attached hydrogen (secondary N) is 1. The Morgan fingerprint density at radius 2 is 2.25 bits per heavy atom. The average molecular weight is 222 g/mol.